The van der Waals surface area contributed by atoms with E-state index in [0.29, 0.717) is 0 Å². The van der Waals surface area contributed by atoms with Crippen LogP contribution in [0, 0.1) is 0 Å². The van der Waals surface area contributed by atoms with Crippen LogP contribution in [0.2, 0.25) is 0 Å². The van der Waals surface area contributed by atoms with Gasteiger partial charge in [0.25, 0.3) is 0 Å². The molecule has 27 valence electrons. The third-order valence-corrected chi connectivity index (χ3v) is 0.249. The van der Waals surface area contributed by atoms with E-state index < -0.39 is 8.69 Å². The monoisotopic (exact) mass is 93.0 g/mol. The summed E-state index contributed by atoms with van der Waals surface area (Å²) in [5.74, 6) is 0. The maximum Gasteiger partial charge on any atom is 0.546 e. The fourth-order valence-electron chi connectivity index (χ4n) is 0.0163. The molecule has 5 heteroatoms. The normalized spacial score (nSPS) is 8.20. The molecule has 0 aliphatic carbocycles. The van der Waals surface area contributed by atoms with Crippen molar-refractivity contribution < 1.29 is 13.3 Å². The van der Waals surface area contributed by atoms with E-state index in [2.05, 4.69) is 4.44 Å². The lowest BCUT2D eigenvalue weighted by Gasteiger charge is -1.64. The predicted octanol–water partition coefficient (Wildman–Crippen LogP) is 0.713. The van der Waals surface area contributed by atoms with Crippen LogP contribution >= 0.6 is 8.69 Å². The first kappa shape index (κ1) is 5.05. The molecule has 0 spiro atoms. The summed E-state index contributed by atoms with van der Waals surface area (Å²) < 4.78 is 22.9. The van der Waals surface area contributed by atoms with E-state index in [-0.39, 0.29) is 7.76 Å². The number of halogens is 1. The van der Waals surface area contributed by atoms with Gasteiger partial charge in [-0.05, 0) is 0 Å². The summed E-state index contributed by atoms with van der Waals surface area (Å²) in [6.07, 6.45) is 0. The highest BCUT2D eigenvalue weighted by atomic mass is 31.1. The maximum absolute atomic E-state index is 10.4. The quantitative estimate of drug-likeness (QED) is 0.371. The van der Waals surface area contributed by atoms with Gasteiger partial charge >= 0.3 is 16.4 Å². The summed E-state index contributed by atoms with van der Waals surface area (Å²) in [7, 11) is -0.795. The molecule has 0 N–H and O–H groups in total. The van der Waals surface area contributed by atoms with Crippen LogP contribution in [0.3, 0.4) is 0 Å². The van der Waals surface area contributed by atoms with Crippen LogP contribution in [0.15, 0.2) is 0 Å². The summed E-state index contributed by atoms with van der Waals surface area (Å²) in [4.78, 5) is 0. The second-order valence-electron chi connectivity index (χ2n) is 0.269. The lowest BCUT2D eigenvalue weighted by atomic mass is 10.5. The highest BCUT2D eigenvalue weighted by molar-refractivity contribution is 7.19. The molecule has 0 heterocycles. The van der Waals surface area contributed by atoms with Crippen molar-refractivity contribution in [2.45, 2.75) is 0 Å². The molecule has 0 atom stereocenters. The van der Waals surface area contributed by atoms with Gasteiger partial charge in [-0.15, -0.1) is 0 Å². The van der Waals surface area contributed by atoms with E-state index in [1.165, 1.54) is 0 Å². The van der Waals surface area contributed by atoms with Gasteiger partial charge in [-0.25, -0.2) is 4.57 Å². The van der Waals surface area contributed by atoms with Crippen molar-refractivity contribution in [3.05, 3.63) is 0 Å². The fraction of sp³-hybridized carbons (Fsp3) is 0. The molecule has 0 amide bonds. The smallest absolute Gasteiger partial charge is 0.323 e. The number of rotatable bonds is 2. The maximum atomic E-state index is 10.4. The van der Waals surface area contributed by atoms with Crippen LogP contribution in [0.4, 0.5) is 4.32 Å². The van der Waals surface area contributed by atoms with Gasteiger partial charge < -0.3 is 4.44 Å². The number of hydrogen-bond acceptors (Lipinski definition) is 2. The van der Waals surface area contributed by atoms with Gasteiger partial charge in [0.1, 0.15) is 0 Å². The van der Waals surface area contributed by atoms with Crippen molar-refractivity contribution >= 4 is 16.4 Å². The van der Waals surface area contributed by atoms with E-state index >= 15 is 0 Å². The average Bonchev–Trinajstić information content (AvgIpc) is 1.41. The highest BCUT2D eigenvalue weighted by Gasteiger charge is 1.79. The zero-order chi connectivity index (χ0) is 4.12. The summed E-state index contributed by atoms with van der Waals surface area (Å²) in [5, 5.41) is 0. The van der Waals surface area contributed by atoms with Crippen LogP contribution < -0.4 is 0 Å². The Hall–Kier alpha value is 0.0549. The van der Waals surface area contributed by atoms with E-state index in [9.17, 15) is 4.32 Å². The predicted molar refractivity (Wildman–Crippen MR) is 15.6 cm³/mol. The van der Waals surface area contributed by atoms with E-state index in [0.717, 1.165) is 0 Å². The molecule has 0 aromatic carbocycles. The molecule has 0 aromatic heterocycles. The van der Waals surface area contributed by atoms with Crippen molar-refractivity contribution in [2.24, 2.45) is 0 Å². The minimum atomic E-state index is -0.651. The van der Waals surface area contributed by atoms with Crippen LogP contribution in [-0.2, 0) is 9.01 Å². The van der Waals surface area contributed by atoms with Crippen molar-refractivity contribution in [1.82, 2.24) is 0 Å². The second kappa shape index (κ2) is 4.05. The van der Waals surface area contributed by atoms with Crippen molar-refractivity contribution in [3.8, 4) is 0 Å². The first-order valence-corrected chi connectivity index (χ1v) is 1.55. The van der Waals surface area contributed by atoms with Crippen LogP contribution in [0.1, 0.15) is 0 Å². The third-order valence-electron chi connectivity index (χ3n) is 0.0829. The molecule has 0 bridgehead atoms. The summed E-state index contributed by atoms with van der Waals surface area (Å²) in [5.41, 5.74) is 0. The zero-order valence-corrected chi connectivity index (χ0v) is 3.11. The molecule has 0 saturated carbocycles. The lowest BCUT2D eigenvalue weighted by molar-refractivity contribution is 0.517. The minimum Gasteiger partial charge on any atom is -0.323 e. The van der Waals surface area contributed by atoms with Crippen LogP contribution in [0.5, 0.6) is 0 Å². The van der Waals surface area contributed by atoms with Crippen molar-refractivity contribution in [1.29, 1.82) is 0 Å². The van der Waals surface area contributed by atoms with Crippen LogP contribution in [-0.4, -0.2) is 7.76 Å². The minimum absolute atomic E-state index is 0.144. The molecule has 0 fully saturated rings. The largest absolute Gasteiger partial charge is 0.546 e. The molecule has 2 nitrogen and oxygen atoms in total. The van der Waals surface area contributed by atoms with Crippen molar-refractivity contribution in [2.75, 3.05) is 0 Å². The van der Waals surface area contributed by atoms with E-state index in [4.69, 9.17) is 4.57 Å². The molecular formula is BFO2P. The molecular weight excluding hydrogens is 92.8 g/mol. The fourth-order valence-corrected chi connectivity index (χ4v) is 0.0488. The SMILES string of the molecule is O=PO[B]F. The Morgan fingerprint density at radius 2 is 2.60 bits per heavy atom. The summed E-state index contributed by atoms with van der Waals surface area (Å²) >= 11 is 0. The number of hydrogen-bond donors (Lipinski definition) is 0. The molecule has 5 heavy (non-hydrogen) atoms. The van der Waals surface area contributed by atoms with Gasteiger partial charge in [-0.2, -0.15) is 0 Å². The summed E-state index contributed by atoms with van der Waals surface area (Å²) in [6.45, 7) is 0. The van der Waals surface area contributed by atoms with Gasteiger partial charge in [-0.1, -0.05) is 0 Å². The Balaban J connectivity index is 2.40. The Labute approximate surface area is 30.9 Å². The van der Waals surface area contributed by atoms with Gasteiger partial charge in [0, 0.05) is 0 Å². The Morgan fingerprint density at radius 3 is 2.60 bits per heavy atom. The Kier molecular flexibility index (Phi) is 4.10. The molecule has 0 aliphatic heterocycles. The standard InChI is InChI=1S/BFO2P/c2-1-4-5-3. The average molecular weight is 92.8 g/mol. The van der Waals surface area contributed by atoms with Gasteiger partial charge in [0.05, 0.1) is 0 Å². The zero-order valence-electron chi connectivity index (χ0n) is 2.22. The van der Waals surface area contributed by atoms with Crippen molar-refractivity contribution in [3.63, 3.8) is 0 Å². The highest BCUT2D eigenvalue weighted by Crippen LogP contribution is 1.88. The Bertz CT molecular complexity index is 30.8. The topological polar surface area (TPSA) is 26.3 Å². The third kappa shape index (κ3) is 4.05. The first-order valence-electron chi connectivity index (χ1n) is 0.819. The molecule has 0 aliphatic rings. The molecule has 0 rings (SSSR count). The molecule has 0 saturated heterocycles. The van der Waals surface area contributed by atoms with Crippen LogP contribution in [0.25, 0.3) is 0 Å². The molecule has 0 unspecified atom stereocenters. The van der Waals surface area contributed by atoms with Gasteiger partial charge in [0.2, 0.25) is 0 Å². The lowest BCUT2D eigenvalue weighted by Crippen LogP contribution is -1.70. The van der Waals surface area contributed by atoms with E-state index in [1.54, 1.807) is 0 Å². The Morgan fingerprint density at radius 1 is 2.00 bits per heavy atom. The van der Waals surface area contributed by atoms with E-state index in [1.807, 2.05) is 0 Å². The second-order valence-corrected chi connectivity index (χ2v) is 0.629. The molecule has 0 aromatic rings. The van der Waals surface area contributed by atoms with Gasteiger partial charge in [0.15, 0.2) is 0 Å². The first-order chi connectivity index (χ1) is 2.41. The molecule has 1 radical (unpaired) electrons. The summed E-state index contributed by atoms with van der Waals surface area (Å²) in [6, 6.07) is 0. The van der Waals surface area contributed by atoms with Gasteiger partial charge in [-0.3, -0.25) is 4.32 Å².